The molecule has 1 unspecified atom stereocenters. The maximum absolute atomic E-state index is 13.6. The van der Waals surface area contributed by atoms with E-state index in [1.54, 1.807) is 0 Å². The van der Waals surface area contributed by atoms with Gasteiger partial charge in [0.05, 0.1) is 12.2 Å². The van der Waals surface area contributed by atoms with Gasteiger partial charge in [0.2, 0.25) is 4.87 Å². The smallest absolute Gasteiger partial charge is 0.270 e. The molecule has 1 aliphatic carbocycles. The zero-order valence-electron chi connectivity index (χ0n) is 15.1. The van der Waals surface area contributed by atoms with Crippen molar-refractivity contribution in [3.8, 4) is 0 Å². The minimum absolute atomic E-state index is 0.00721. The van der Waals surface area contributed by atoms with Crippen LogP contribution >= 0.6 is 23.4 Å². The van der Waals surface area contributed by atoms with E-state index in [0.717, 1.165) is 40.3 Å². The van der Waals surface area contributed by atoms with Crippen molar-refractivity contribution in [2.24, 2.45) is 5.10 Å². The van der Waals surface area contributed by atoms with Crippen LogP contribution < -0.4 is 10.3 Å². The third-order valence-corrected chi connectivity index (χ3v) is 6.75. The molecular formula is C22H18ClN3OS. The summed E-state index contributed by atoms with van der Waals surface area (Å²) in [5.74, 6) is 0.00721. The zero-order chi connectivity index (χ0) is 19.1. The first-order chi connectivity index (χ1) is 13.7. The number of nitrogens with zero attached hydrogens (tertiary/aromatic N) is 2. The number of carbonyl (C=O) groups is 1. The number of rotatable bonds is 3. The highest BCUT2D eigenvalue weighted by molar-refractivity contribution is 8.16. The summed E-state index contributed by atoms with van der Waals surface area (Å²) < 4.78 is 0. The van der Waals surface area contributed by atoms with E-state index in [9.17, 15) is 4.79 Å². The summed E-state index contributed by atoms with van der Waals surface area (Å²) in [5.41, 5.74) is 7.17. The fourth-order valence-corrected chi connectivity index (χ4v) is 5.12. The maximum atomic E-state index is 13.6. The molecule has 6 heteroatoms. The second-order valence-electron chi connectivity index (χ2n) is 6.99. The van der Waals surface area contributed by atoms with Gasteiger partial charge in [0.1, 0.15) is 5.04 Å². The van der Waals surface area contributed by atoms with Crippen molar-refractivity contribution >= 4 is 40.0 Å². The largest absolute Gasteiger partial charge is 0.304 e. The predicted octanol–water partition coefficient (Wildman–Crippen LogP) is 4.97. The van der Waals surface area contributed by atoms with Crippen LogP contribution in [0.3, 0.4) is 0 Å². The Labute approximate surface area is 173 Å². The highest BCUT2D eigenvalue weighted by Crippen LogP contribution is 2.51. The van der Waals surface area contributed by atoms with Gasteiger partial charge >= 0.3 is 0 Å². The average molecular weight is 408 g/mol. The summed E-state index contributed by atoms with van der Waals surface area (Å²) in [6.45, 7) is 0.495. The molecule has 0 saturated heterocycles. The third-order valence-electron chi connectivity index (χ3n) is 5.18. The van der Waals surface area contributed by atoms with Crippen LogP contribution in [0.4, 0.5) is 5.69 Å². The normalized spacial score (nSPS) is 22.9. The lowest BCUT2D eigenvalue weighted by atomic mass is 10.1. The van der Waals surface area contributed by atoms with Crippen LogP contribution in [-0.4, -0.2) is 11.0 Å². The van der Waals surface area contributed by atoms with Gasteiger partial charge in [0.15, 0.2) is 0 Å². The van der Waals surface area contributed by atoms with Gasteiger partial charge in [0.25, 0.3) is 5.91 Å². The molecule has 0 fully saturated rings. The molecule has 140 valence electrons. The molecule has 1 atom stereocenters. The molecule has 2 aromatic rings. The summed E-state index contributed by atoms with van der Waals surface area (Å²) in [6.07, 6.45) is 8.49. The Morgan fingerprint density at radius 2 is 1.96 bits per heavy atom. The van der Waals surface area contributed by atoms with Gasteiger partial charge in [-0.1, -0.05) is 71.9 Å². The van der Waals surface area contributed by atoms with Gasteiger partial charge < -0.3 is 4.90 Å². The first-order valence-electron chi connectivity index (χ1n) is 9.24. The summed E-state index contributed by atoms with van der Waals surface area (Å²) in [4.78, 5) is 14.5. The second-order valence-corrected chi connectivity index (χ2v) is 8.63. The monoisotopic (exact) mass is 407 g/mol. The number of anilines is 1. The topological polar surface area (TPSA) is 44.7 Å². The molecule has 0 radical (unpaired) electrons. The van der Waals surface area contributed by atoms with Crippen molar-refractivity contribution in [1.29, 1.82) is 0 Å². The lowest BCUT2D eigenvalue weighted by Gasteiger charge is -2.23. The summed E-state index contributed by atoms with van der Waals surface area (Å²) in [6, 6.07) is 15.6. The van der Waals surface area contributed by atoms with Crippen LogP contribution in [-0.2, 0) is 16.2 Å². The molecule has 1 amide bonds. The fraction of sp³-hybridized carbons (Fsp3) is 0.182. The SMILES string of the molecule is O=C1N(Cc2ccc(Cl)cc2)c2ccccc2C12NN=C(C1=CCCC=C1)S2. The number of hydrogen-bond donors (Lipinski definition) is 1. The Kier molecular flexibility index (Phi) is 4.29. The Morgan fingerprint density at radius 3 is 2.75 bits per heavy atom. The first kappa shape index (κ1) is 17.6. The second kappa shape index (κ2) is 6.83. The van der Waals surface area contributed by atoms with Gasteiger partial charge in [-0.3, -0.25) is 10.2 Å². The number of hydrogen-bond acceptors (Lipinski definition) is 4. The number of allylic oxidation sites excluding steroid dienone is 3. The van der Waals surface area contributed by atoms with E-state index in [1.807, 2.05) is 53.4 Å². The summed E-state index contributed by atoms with van der Waals surface area (Å²) >= 11 is 7.51. The van der Waals surface area contributed by atoms with E-state index in [4.69, 9.17) is 11.6 Å². The average Bonchev–Trinajstić information content (AvgIpc) is 3.28. The van der Waals surface area contributed by atoms with Gasteiger partial charge in [-0.05, 0) is 36.6 Å². The molecule has 0 bridgehead atoms. The molecular weight excluding hydrogens is 390 g/mol. The fourth-order valence-electron chi connectivity index (χ4n) is 3.77. The summed E-state index contributed by atoms with van der Waals surface area (Å²) in [5, 5.41) is 6.10. The Balaban J connectivity index is 1.49. The van der Waals surface area contributed by atoms with Gasteiger partial charge in [-0.2, -0.15) is 5.10 Å². The highest BCUT2D eigenvalue weighted by Gasteiger charge is 2.55. The first-order valence-corrected chi connectivity index (χ1v) is 10.4. The van der Waals surface area contributed by atoms with Gasteiger partial charge in [-0.25, -0.2) is 0 Å². The van der Waals surface area contributed by atoms with Crippen LogP contribution in [0.15, 0.2) is 77.4 Å². The van der Waals surface area contributed by atoms with E-state index in [-0.39, 0.29) is 5.91 Å². The van der Waals surface area contributed by atoms with Gasteiger partial charge in [-0.15, -0.1) is 0 Å². The minimum Gasteiger partial charge on any atom is -0.304 e. The third kappa shape index (κ3) is 2.77. The Hall–Kier alpha value is -2.50. The number of hydrazone groups is 1. The number of nitrogens with one attached hydrogen (secondary N) is 1. The van der Waals surface area contributed by atoms with Crippen LogP contribution in [0.5, 0.6) is 0 Å². The van der Waals surface area contributed by atoms with E-state index in [0.29, 0.717) is 11.6 Å². The quantitative estimate of drug-likeness (QED) is 0.781. The lowest BCUT2D eigenvalue weighted by Crippen LogP contribution is -2.44. The molecule has 5 rings (SSSR count). The van der Waals surface area contributed by atoms with Crippen molar-refractivity contribution in [1.82, 2.24) is 5.43 Å². The summed E-state index contributed by atoms with van der Waals surface area (Å²) in [7, 11) is 0. The molecule has 2 aromatic carbocycles. The van der Waals surface area contributed by atoms with Crippen LogP contribution in [0.2, 0.25) is 5.02 Å². The zero-order valence-corrected chi connectivity index (χ0v) is 16.6. The van der Waals surface area contributed by atoms with Crippen LogP contribution in [0.25, 0.3) is 0 Å². The minimum atomic E-state index is -0.898. The Morgan fingerprint density at radius 1 is 1.14 bits per heavy atom. The van der Waals surface area contributed by atoms with E-state index >= 15 is 0 Å². The highest BCUT2D eigenvalue weighted by atomic mass is 35.5. The number of carbonyl (C=O) groups excluding carboxylic acids is 1. The molecule has 4 nitrogen and oxygen atoms in total. The number of para-hydroxylation sites is 1. The van der Waals surface area contributed by atoms with E-state index in [2.05, 4.69) is 28.8 Å². The lowest BCUT2D eigenvalue weighted by molar-refractivity contribution is -0.121. The van der Waals surface area contributed by atoms with Crippen molar-refractivity contribution < 1.29 is 4.79 Å². The van der Waals surface area contributed by atoms with Crippen LogP contribution in [0.1, 0.15) is 24.0 Å². The molecule has 3 aliphatic rings. The molecule has 0 saturated carbocycles. The Bertz CT molecular complexity index is 1040. The van der Waals surface area contributed by atoms with E-state index in [1.165, 1.54) is 11.8 Å². The number of fused-ring (bicyclic) bond motifs is 2. The molecule has 1 spiro atoms. The number of amides is 1. The number of thioether (sulfide) groups is 1. The number of benzene rings is 2. The van der Waals surface area contributed by atoms with Crippen molar-refractivity contribution in [2.75, 3.05) is 4.90 Å². The van der Waals surface area contributed by atoms with E-state index < -0.39 is 4.87 Å². The predicted molar refractivity (Wildman–Crippen MR) is 115 cm³/mol. The maximum Gasteiger partial charge on any atom is 0.270 e. The van der Waals surface area contributed by atoms with Crippen molar-refractivity contribution in [3.63, 3.8) is 0 Å². The molecule has 1 N–H and O–H groups in total. The van der Waals surface area contributed by atoms with Crippen LogP contribution in [0, 0.1) is 0 Å². The molecule has 2 heterocycles. The van der Waals surface area contributed by atoms with Crippen molar-refractivity contribution in [3.05, 3.63) is 88.5 Å². The molecule has 28 heavy (non-hydrogen) atoms. The molecule has 0 aromatic heterocycles. The van der Waals surface area contributed by atoms with Gasteiger partial charge in [0, 0.05) is 16.2 Å². The van der Waals surface area contributed by atoms with Crippen molar-refractivity contribution in [2.45, 2.75) is 24.3 Å². The standard InChI is InChI=1S/C22H18ClN3OS/c23-17-12-10-15(11-13-17)14-26-19-9-5-4-8-18(19)22(21(26)27)25-24-20(28-22)16-6-2-1-3-7-16/h2,4-13,25H,1,3,14H2. The number of halogens is 1. The molecule has 2 aliphatic heterocycles.